The van der Waals surface area contributed by atoms with Gasteiger partial charge in [0.15, 0.2) is 0 Å². The van der Waals surface area contributed by atoms with Crippen molar-refractivity contribution in [3.63, 3.8) is 0 Å². The summed E-state index contributed by atoms with van der Waals surface area (Å²) in [6.45, 7) is 2.51. The maximum Gasteiger partial charge on any atom is 0.240 e. The molecule has 0 amide bonds. The molecule has 0 saturated carbocycles. The summed E-state index contributed by atoms with van der Waals surface area (Å²) in [4.78, 5) is 0.186. The first-order chi connectivity index (χ1) is 10.5. The molecule has 0 saturated heterocycles. The number of hydrogen-bond donors (Lipinski definition) is 1. The lowest BCUT2D eigenvalue weighted by Crippen LogP contribution is -2.28. The third kappa shape index (κ3) is 4.47. The molecule has 0 aliphatic rings. The lowest BCUT2D eigenvalue weighted by Gasteiger charge is -2.11. The van der Waals surface area contributed by atoms with E-state index in [9.17, 15) is 8.42 Å². The van der Waals surface area contributed by atoms with Gasteiger partial charge in [0.1, 0.15) is 12.4 Å². The number of hydrogen-bond acceptors (Lipinski definition) is 3. The van der Waals surface area contributed by atoms with E-state index >= 15 is 0 Å². The fraction of sp³-hybridized carbons (Fsp3) is 0.250. The van der Waals surface area contributed by atoms with Crippen molar-refractivity contribution >= 4 is 21.6 Å². The number of aryl methyl sites for hydroxylation is 1. The predicted octanol–water partition coefficient (Wildman–Crippen LogP) is 3.26. The third-order valence-electron chi connectivity index (χ3n) is 3.13. The molecule has 2 aromatic carbocycles. The van der Waals surface area contributed by atoms with Crippen LogP contribution in [0.15, 0.2) is 53.4 Å². The Hall–Kier alpha value is -1.56. The molecule has 4 nitrogen and oxygen atoms in total. The second kappa shape index (κ2) is 7.63. The van der Waals surface area contributed by atoms with E-state index in [4.69, 9.17) is 16.3 Å². The van der Waals surface area contributed by atoms with Crippen molar-refractivity contribution in [2.75, 3.05) is 13.2 Å². The number of benzene rings is 2. The van der Waals surface area contributed by atoms with Crippen LogP contribution in [0.25, 0.3) is 0 Å². The van der Waals surface area contributed by atoms with Gasteiger partial charge >= 0.3 is 0 Å². The molecule has 0 aliphatic carbocycles. The molecule has 6 heteroatoms. The van der Waals surface area contributed by atoms with Crippen LogP contribution in [0.1, 0.15) is 12.5 Å². The summed E-state index contributed by atoms with van der Waals surface area (Å²) >= 11 is 5.75. The van der Waals surface area contributed by atoms with E-state index in [2.05, 4.69) is 4.72 Å². The molecule has 2 rings (SSSR count). The van der Waals surface area contributed by atoms with E-state index < -0.39 is 10.0 Å². The number of nitrogens with one attached hydrogen (secondary N) is 1. The molecule has 0 bridgehead atoms. The Kier molecular flexibility index (Phi) is 5.83. The standard InChI is InChI=1S/C16H18ClNO3S/c1-2-13-5-3-4-6-16(13)21-12-11-18-22(19,20)15-9-7-14(17)8-10-15/h3-10,18H,2,11-12H2,1H3. The predicted molar refractivity (Wildman–Crippen MR) is 88.0 cm³/mol. The molecule has 1 N–H and O–H groups in total. The van der Waals surface area contributed by atoms with Crippen molar-refractivity contribution in [2.24, 2.45) is 0 Å². The molecule has 0 radical (unpaired) electrons. The summed E-state index contributed by atoms with van der Waals surface area (Å²) in [6, 6.07) is 13.8. The molecule has 0 spiro atoms. The number of sulfonamides is 1. The van der Waals surface area contributed by atoms with Crippen LogP contribution >= 0.6 is 11.6 Å². The van der Waals surface area contributed by atoms with Gasteiger partial charge in [0.25, 0.3) is 0 Å². The van der Waals surface area contributed by atoms with Crippen LogP contribution in [0, 0.1) is 0 Å². The molecule has 0 unspecified atom stereocenters. The van der Waals surface area contributed by atoms with Crippen LogP contribution in [0.2, 0.25) is 5.02 Å². The first-order valence-corrected chi connectivity index (χ1v) is 8.85. The van der Waals surface area contributed by atoms with E-state index in [0.717, 1.165) is 17.7 Å². The Labute approximate surface area is 136 Å². The third-order valence-corrected chi connectivity index (χ3v) is 4.86. The van der Waals surface area contributed by atoms with Gasteiger partial charge in [-0.25, -0.2) is 13.1 Å². The highest BCUT2D eigenvalue weighted by molar-refractivity contribution is 7.89. The van der Waals surface area contributed by atoms with Crippen molar-refractivity contribution < 1.29 is 13.2 Å². The van der Waals surface area contributed by atoms with Crippen LogP contribution in [0.3, 0.4) is 0 Å². The van der Waals surface area contributed by atoms with Crippen LogP contribution in [0.4, 0.5) is 0 Å². The van der Waals surface area contributed by atoms with E-state index in [-0.39, 0.29) is 18.0 Å². The molecule has 0 aromatic heterocycles. The van der Waals surface area contributed by atoms with Gasteiger partial charge in [0, 0.05) is 11.6 Å². The molecular formula is C16H18ClNO3S. The highest BCUT2D eigenvalue weighted by Crippen LogP contribution is 2.18. The molecular weight excluding hydrogens is 322 g/mol. The summed E-state index contributed by atoms with van der Waals surface area (Å²) in [5.41, 5.74) is 1.10. The molecule has 0 atom stereocenters. The minimum absolute atomic E-state index is 0.186. The van der Waals surface area contributed by atoms with Crippen LogP contribution in [-0.2, 0) is 16.4 Å². The van der Waals surface area contributed by atoms with Crippen LogP contribution in [0.5, 0.6) is 5.75 Å². The smallest absolute Gasteiger partial charge is 0.240 e. The zero-order chi connectivity index (χ0) is 16.0. The lowest BCUT2D eigenvalue weighted by molar-refractivity contribution is 0.320. The second-order valence-electron chi connectivity index (χ2n) is 4.66. The Morgan fingerprint density at radius 1 is 1.09 bits per heavy atom. The molecule has 0 aliphatic heterocycles. The second-order valence-corrected chi connectivity index (χ2v) is 6.86. The molecule has 0 heterocycles. The normalized spacial score (nSPS) is 11.4. The first kappa shape index (κ1) is 16.8. The summed E-state index contributed by atoms with van der Waals surface area (Å²) in [7, 11) is -3.54. The summed E-state index contributed by atoms with van der Waals surface area (Å²) in [5, 5.41) is 0.499. The van der Waals surface area contributed by atoms with Crippen LogP contribution in [-0.4, -0.2) is 21.6 Å². The van der Waals surface area contributed by atoms with Gasteiger partial charge in [0.05, 0.1) is 4.90 Å². The number of ether oxygens (including phenoxy) is 1. The monoisotopic (exact) mass is 339 g/mol. The summed E-state index contributed by atoms with van der Waals surface area (Å²) in [6.07, 6.45) is 0.868. The van der Waals surface area contributed by atoms with Gasteiger partial charge in [0.2, 0.25) is 10.0 Å². The van der Waals surface area contributed by atoms with Crippen molar-refractivity contribution in [1.82, 2.24) is 4.72 Å². The van der Waals surface area contributed by atoms with Crippen molar-refractivity contribution in [2.45, 2.75) is 18.2 Å². The fourth-order valence-electron chi connectivity index (χ4n) is 1.97. The first-order valence-electron chi connectivity index (χ1n) is 6.99. The number of halogens is 1. The van der Waals surface area contributed by atoms with Crippen molar-refractivity contribution in [3.05, 3.63) is 59.1 Å². The highest BCUT2D eigenvalue weighted by Gasteiger charge is 2.13. The van der Waals surface area contributed by atoms with Gasteiger partial charge < -0.3 is 4.74 Å². The highest BCUT2D eigenvalue weighted by atomic mass is 35.5. The molecule has 0 fully saturated rings. The van der Waals surface area contributed by atoms with Gasteiger partial charge in [-0.1, -0.05) is 36.7 Å². The number of para-hydroxylation sites is 1. The minimum Gasteiger partial charge on any atom is -0.492 e. The SMILES string of the molecule is CCc1ccccc1OCCNS(=O)(=O)c1ccc(Cl)cc1. The lowest BCUT2D eigenvalue weighted by atomic mass is 10.1. The van der Waals surface area contributed by atoms with Crippen molar-refractivity contribution in [3.8, 4) is 5.75 Å². The van der Waals surface area contributed by atoms with Gasteiger partial charge in [-0.05, 0) is 42.3 Å². The maximum atomic E-state index is 12.1. The van der Waals surface area contributed by atoms with E-state index in [1.807, 2.05) is 31.2 Å². The average Bonchev–Trinajstić information content (AvgIpc) is 2.52. The molecule has 118 valence electrons. The maximum absolute atomic E-state index is 12.1. The minimum atomic E-state index is -3.54. The zero-order valence-electron chi connectivity index (χ0n) is 12.3. The van der Waals surface area contributed by atoms with Gasteiger partial charge in [-0.3, -0.25) is 0 Å². The van der Waals surface area contributed by atoms with E-state index in [1.54, 1.807) is 12.1 Å². The summed E-state index contributed by atoms with van der Waals surface area (Å²) in [5.74, 6) is 0.788. The molecule has 22 heavy (non-hydrogen) atoms. The van der Waals surface area contributed by atoms with Crippen LogP contribution < -0.4 is 9.46 Å². The van der Waals surface area contributed by atoms with Gasteiger partial charge in [-0.15, -0.1) is 0 Å². The number of rotatable bonds is 7. The Morgan fingerprint density at radius 3 is 2.45 bits per heavy atom. The van der Waals surface area contributed by atoms with Crippen molar-refractivity contribution in [1.29, 1.82) is 0 Å². The Morgan fingerprint density at radius 2 is 1.77 bits per heavy atom. The fourth-order valence-corrected chi connectivity index (χ4v) is 3.11. The molecule has 2 aromatic rings. The average molecular weight is 340 g/mol. The Balaban J connectivity index is 1.89. The summed E-state index contributed by atoms with van der Waals surface area (Å²) < 4.78 is 32.3. The quantitative estimate of drug-likeness (QED) is 0.788. The van der Waals surface area contributed by atoms with Gasteiger partial charge in [-0.2, -0.15) is 0 Å². The van der Waals surface area contributed by atoms with E-state index in [0.29, 0.717) is 5.02 Å². The zero-order valence-corrected chi connectivity index (χ0v) is 13.8. The largest absolute Gasteiger partial charge is 0.492 e. The topological polar surface area (TPSA) is 55.4 Å². The van der Waals surface area contributed by atoms with E-state index in [1.165, 1.54) is 12.1 Å². The Bertz CT molecular complexity index is 714.